The third-order valence-electron chi connectivity index (χ3n) is 1.78. The van der Waals surface area contributed by atoms with Crippen LogP contribution in [0.1, 0.15) is 39.5 Å². The molecule has 76 valence electrons. The highest BCUT2D eigenvalue weighted by Gasteiger charge is 2.03. The van der Waals surface area contributed by atoms with Crippen molar-refractivity contribution in [3.05, 3.63) is 11.8 Å². The number of carbonyl (C=O) groups is 1. The Morgan fingerprint density at radius 1 is 1.38 bits per heavy atom. The summed E-state index contributed by atoms with van der Waals surface area (Å²) >= 11 is 0. The summed E-state index contributed by atoms with van der Waals surface area (Å²) in [5.41, 5.74) is 5.53. The molecular formula is C10H19NO2. The number of rotatable bonds is 6. The van der Waals surface area contributed by atoms with Crippen molar-refractivity contribution in [1.82, 2.24) is 0 Å². The lowest BCUT2D eigenvalue weighted by atomic mass is 10.2. The molecule has 0 aliphatic heterocycles. The fourth-order valence-electron chi connectivity index (χ4n) is 0.895. The number of esters is 1. The molecule has 3 heteroatoms. The Balaban J connectivity index is 3.38. The standard InChI is InChI=1S/C10H19NO2/c1-3-5-6-7-8-13-10(12)9(11)4-2/h4H,3,5-8,11H2,1-2H3. The van der Waals surface area contributed by atoms with Gasteiger partial charge >= 0.3 is 5.97 Å². The molecule has 0 aromatic heterocycles. The Hall–Kier alpha value is -0.990. The Bertz CT molecular complexity index is 176. The monoisotopic (exact) mass is 185 g/mol. The largest absolute Gasteiger partial charge is 0.461 e. The van der Waals surface area contributed by atoms with Crippen LogP contribution < -0.4 is 5.73 Å². The second-order valence-electron chi connectivity index (χ2n) is 2.94. The van der Waals surface area contributed by atoms with Crippen LogP contribution in [0.2, 0.25) is 0 Å². The molecule has 3 nitrogen and oxygen atoms in total. The molecule has 0 bridgehead atoms. The van der Waals surface area contributed by atoms with E-state index < -0.39 is 5.97 Å². The summed E-state index contributed by atoms with van der Waals surface area (Å²) in [5.74, 6) is -0.404. The first kappa shape index (κ1) is 12.0. The zero-order chi connectivity index (χ0) is 10.1. The smallest absolute Gasteiger partial charge is 0.353 e. The van der Waals surface area contributed by atoms with Gasteiger partial charge in [-0.15, -0.1) is 0 Å². The van der Waals surface area contributed by atoms with E-state index in [-0.39, 0.29) is 5.70 Å². The van der Waals surface area contributed by atoms with Gasteiger partial charge in [-0.05, 0) is 13.3 Å². The lowest BCUT2D eigenvalue weighted by Gasteiger charge is -2.03. The van der Waals surface area contributed by atoms with Gasteiger partial charge in [-0.25, -0.2) is 4.79 Å². The molecule has 0 amide bonds. The highest BCUT2D eigenvalue weighted by atomic mass is 16.5. The Morgan fingerprint density at radius 2 is 2.08 bits per heavy atom. The Labute approximate surface area is 79.9 Å². The summed E-state index contributed by atoms with van der Waals surface area (Å²) in [6, 6.07) is 0. The van der Waals surface area contributed by atoms with Crippen LogP contribution in [0.15, 0.2) is 11.8 Å². The first-order valence-corrected chi connectivity index (χ1v) is 4.81. The first-order valence-electron chi connectivity index (χ1n) is 4.81. The molecule has 0 saturated heterocycles. The van der Waals surface area contributed by atoms with E-state index in [4.69, 9.17) is 10.5 Å². The fourth-order valence-corrected chi connectivity index (χ4v) is 0.895. The highest BCUT2D eigenvalue weighted by Crippen LogP contribution is 1.99. The van der Waals surface area contributed by atoms with E-state index in [0.29, 0.717) is 6.61 Å². The summed E-state index contributed by atoms with van der Waals surface area (Å²) in [4.78, 5) is 11.0. The van der Waals surface area contributed by atoms with E-state index in [9.17, 15) is 4.79 Å². The van der Waals surface area contributed by atoms with Gasteiger partial charge in [0.2, 0.25) is 0 Å². The van der Waals surface area contributed by atoms with Crippen LogP contribution in [0, 0.1) is 0 Å². The van der Waals surface area contributed by atoms with Crippen molar-refractivity contribution in [2.75, 3.05) is 6.61 Å². The number of nitrogens with two attached hydrogens (primary N) is 1. The Kier molecular flexibility index (Phi) is 7.07. The van der Waals surface area contributed by atoms with Crippen LogP contribution >= 0.6 is 0 Å². The maximum Gasteiger partial charge on any atom is 0.353 e. The molecule has 0 unspecified atom stereocenters. The fraction of sp³-hybridized carbons (Fsp3) is 0.700. The maximum absolute atomic E-state index is 11.0. The van der Waals surface area contributed by atoms with Crippen molar-refractivity contribution in [3.8, 4) is 0 Å². The quantitative estimate of drug-likeness (QED) is 0.391. The second-order valence-corrected chi connectivity index (χ2v) is 2.94. The molecule has 0 aromatic carbocycles. The molecule has 0 heterocycles. The molecule has 0 fully saturated rings. The van der Waals surface area contributed by atoms with Crippen molar-refractivity contribution in [3.63, 3.8) is 0 Å². The van der Waals surface area contributed by atoms with E-state index in [1.54, 1.807) is 13.0 Å². The third kappa shape index (κ3) is 6.20. The molecule has 0 atom stereocenters. The highest BCUT2D eigenvalue weighted by molar-refractivity contribution is 5.87. The average molecular weight is 185 g/mol. The summed E-state index contributed by atoms with van der Waals surface area (Å²) in [6.45, 7) is 4.34. The minimum Gasteiger partial charge on any atom is -0.461 e. The van der Waals surface area contributed by atoms with Gasteiger partial charge in [0, 0.05) is 0 Å². The molecule has 0 rings (SSSR count). The van der Waals surface area contributed by atoms with Crippen molar-refractivity contribution in [1.29, 1.82) is 0 Å². The molecule has 0 aromatic rings. The zero-order valence-electron chi connectivity index (χ0n) is 8.51. The number of hydrogen-bond acceptors (Lipinski definition) is 3. The van der Waals surface area contributed by atoms with Crippen LogP contribution in [-0.2, 0) is 9.53 Å². The zero-order valence-corrected chi connectivity index (χ0v) is 8.51. The van der Waals surface area contributed by atoms with Crippen LogP contribution in [0.25, 0.3) is 0 Å². The molecule has 0 radical (unpaired) electrons. The predicted molar refractivity (Wildman–Crippen MR) is 53.0 cm³/mol. The van der Waals surface area contributed by atoms with Crippen LogP contribution in [0.5, 0.6) is 0 Å². The molecule has 0 aliphatic rings. The molecule has 0 aliphatic carbocycles. The van der Waals surface area contributed by atoms with Gasteiger partial charge in [0.1, 0.15) is 5.70 Å². The van der Waals surface area contributed by atoms with Gasteiger partial charge in [-0.3, -0.25) is 0 Å². The lowest BCUT2D eigenvalue weighted by Crippen LogP contribution is -2.15. The lowest BCUT2D eigenvalue weighted by molar-refractivity contribution is -0.139. The maximum atomic E-state index is 11.0. The van der Waals surface area contributed by atoms with Crippen molar-refractivity contribution in [2.24, 2.45) is 5.73 Å². The van der Waals surface area contributed by atoms with Gasteiger partial charge in [-0.2, -0.15) is 0 Å². The van der Waals surface area contributed by atoms with Gasteiger partial charge < -0.3 is 10.5 Å². The summed E-state index contributed by atoms with van der Waals surface area (Å²) in [5, 5.41) is 0. The van der Waals surface area contributed by atoms with Crippen LogP contribution in [0.4, 0.5) is 0 Å². The van der Waals surface area contributed by atoms with Crippen molar-refractivity contribution < 1.29 is 9.53 Å². The minimum absolute atomic E-state index is 0.190. The first-order chi connectivity index (χ1) is 6.22. The van der Waals surface area contributed by atoms with E-state index in [1.807, 2.05) is 0 Å². The molecule has 0 saturated carbocycles. The van der Waals surface area contributed by atoms with Gasteiger partial charge in [0.15, 0.2) is 0 Å². The Morgan fingerprint density at radius 3 is 2.62 bits per heavy atom. The minimum atomic E-state index is -0.404. The van der Waals surface area contributed by atoms with Crippen LogP contribution in [0.3, 0.4) is 0 Å². The molecular weight excluding hydrogens is 166 g/mol. The second kappa shape index (κ2) is 7.65. The summed E-state index contributed by atoms with van der Waals surface area (Å²) in [6.07, 6.45) is 5.96. The van der Waals surface area contributed by atoms with Gasteiger partial charge in [0.25, 0.3) is 0 Å². The number of hydrogen-bond donors (Lipinski definition) is 1. The topological polar surface area (TPSA) is 52.3 Å². The number of unbranched alkanes of at least 4 members (excludes halogenated alkanes) is 3. The van der Waals surface area contributed by atoms with E-state index in [2.05, 4.69) is 6.92 Å². The molecule has 13 heavy (non-hydrogen) atoms. The summed E-state index contributed by atoms with van der Waals surface area (Å²) in [7, 11) is 0. The number of allylic oxidation sites excluding steroid dienone is 1. The number of carbonyl (C=O) groups excluding carboxylic acids is 1. The summed E-state index contributed by atoms with van der Waals surface area (Å²) < 4.78 is 4.91. The molecule has 2 N–H and O–H groups in total. The van der Waals surface area contributed by atoms with Gasteiger partial charge in [0.05, 0.1) is 6.61 Å². The predicted octanol–water partition coefficient (Wildman–Crippen LogP) is 1.97. The third-order valence-corrected chi connectivity index (χ3v) is 1.78. The van der Waals surface area contributed by atoms with Crippen LogP contribution in [-0.4, -0.2) is 12.6 Å². The van der Waals surface area contributed by atoms with Crippen molar-refractivity contribution in [2.45, 2.75) is 39.5 Å². The SMILES string of the molecule is CC=C(N)C(=O)OCCCCCC. The van der Waals surface area contributed by atoms with E-state index in [1.165, 1.54) is 12.8 Å². The van der Waals surface area contributed by atoms with Crippen molar-refractivity contribution >= 4 is 5.97 Å². The number of ether oxygens (including phenoxy) is 1. The van der Waals surface area contributed by atoms with E-state index >= 15 is 0 Å². The normalized spacial score (nSPS) is 11.4. The molecule has 0 spiro atoms. The average Bonchev–Trinajstić information content (AvgIpc) is 2.16. The van der Waals surface area contributed by atoms with E-state index in [0.717, 1.165) is 12.8 Å². The van der Waals surface area contributed by atoms with Gasteiger partial charge in [-0.1, -0.05) is 32.3 Å².